The number of hydrogen-bond acceptors (Lipinski definition) is 3. The van der Waals surface area contributed by atoms with E-state index in [0.717, 1.165) is 26.2 Å². The summed E-state index contributed by atoms with van der Waals surface area (Å²) in [6.07, 6.45) is 0. The van der Waals surface area contributed by atoms with Crippen molar-refractivity contribution in [3.05, 3.63) is 45.2 Å². The minimum Gasteiger partial charge on any atom is -0.382 e. The SMILES string of the molecule is Nc1n[nH]c(-c2sccc2Br)c1-c1ccc(Cl)cc1. The van der Waals surface area contributed by atoms with E-state index in [1.807, 2.05) is 35.7 Å². The van der Waals surface area contributed by atoms with Crippen molar-refractivity contribution in [2.24, 2.45) is 0 Å². The van der Waals surface area contributed by atoms with E-state index >= 15 is 0 Å². The van der Waals surface area contributed by atoms with Crippen LogP contribution >= 0.6 is 38.9 Å². The van der Waals surface area contributed by atoms with Crippen LogP contribution in [-0.2, 0) is 0 Å². The number of nitrogens with two attached hydrogens (primary N) is 1. The first-order chi connectivity index (χ1) is 9.16. The minimum atomic E-state index is 0.484. The van der Waals surface area contributed by atoms with Crippen LogP contribution in [0.25, 0.3) is 21.7 Å². The van der Waals surface area contributed by atoms with Crippen LogP contribution in [0.5, 0.6) is 0 Å². The second-order valence-electron chi connectivity index (χ2n) is 3.96. The highest BCUT2D eigenvalue weighted by molar-refractivity contribution is 9.10. The number of nitrogens with zero attached hydrogens (tertiary/aromatic N) is 1. The minimum absolute atomic E-state index is 0.484. The Labute approximate surface area is 127 Å². The van der Waals surface area contributed by atoms with Gasteiger partial charge in [-0.2, -0.15) is 5.10 Å². The van der Waals surface area contributed by atoms with Gasteiger partial charge in [0.25, 0.3) is 0 Å². The first-order valence-corrected chi connectivity index (χ1v) is 7.55. The average Bonchev–Trinajstić information content (AvgIpc) is 2.97. The Kier molecular flexibility index (Phi) is 3.35. The molecule has 0 bridgehead atoms. The zero-order valence-electron chi connectivity index (χ0n) is 9.65. The molecule has 0 spiro atoms. The van der Waals surface area contributed by atoms with E-state index in [-0.39, 0.29) is 0 Å². The molecule has 0 amide bonds. The summed E-state index contributed by atoms with van der Waals surface area (Å²) in [4.78, 5) is 1.08. The fourth-order valence-corrected chi connectivity index (χ4v) is 3.60. The summed E-state index contributed by atoms with van der Waals surface area (Å²) in [6.45, 7) is 0. The highest BCUT2D eigenvalue weighted by Gasteiger charge is 2.17. The molecule has 0 radical (unpaired) electrons. The van der Waals surface area contributed by atoms with Crippen molar-refractivity contribution in [3.8, 4) is 21.7 Å². The van der Waals surface area contributed by atoms with Crippen molar-refractivity contribution in [3.63, 3.8) is 0 Å². The van der Waals surface area contributed by atoms with Crippen LogP contribution in [0.3, 0.4) is 0 Å². The molecular weight excluding hydrogens is 346 g/mol. The molecule has 3 aromatic rings. The maximum Gasteiger partial charge on any atom is 0.153 e. The standard InChI is InChI=1S/C13H9BrClN3S/c14-9-5-6-19-12(9)11-10(13(16)18-17-11)7-1-3-8(15)4-2-7/h1-6H,(H3,16,17,18). The first-order valence-electron chi connectivity index (χ1n) is 5.50. The first kappa shape index (κ1) is 12.7. The number of aromatic amines is 1. The van der Waals surface area contributed by atoms with Gasteiger partial charge in [0, 0.05) is 9.50 Å². The van der Waals surface area contributed by atoms with Crippen LogP contribution < -0.4 is 5.73 Å². The second kappa shape index (κ2) is 5.00. The maximum atomic E-state index is 5.98. The van der Waals surface area contributed by atoms with Gasteiger partial charge in [-0.25, -0.2) is 0 Å². The van der Waals surface area contributed by atoms with Crippen LogP contribution in [0.1, 0.15) is 0 Å². The van der Waals surface area contributed by atoms with Crippen molar-refractivity contribution >= 4 is 44.7 Å². The summed E-state index contributed by atoms with van der Waals surface area (Å²) in [7, 11) is 0. The molecule has 2 heterocycles. The number of nitrogens with one attached hydrogen (secondary N) is 1. The molecule has 0 saturated heterocycles. The number of nitrogen functional groups attached to an aromatic ring is 1. The van der Waals surface area contributed by atoms with Gasteiger partial charge >= 0.3 is 0 Å². The molecule has 0 atom stereocenters. The number of hydrogen-bond donors (Lipinski definition) is 2. The van der Waals surface area contributed by atoms with E-state index in [1.54, 1.807) is 11.3 Å². The van der Waals surface area contributed by atoms with Crippen LogP contribution in [0, 0.1) is 0 Å². The molecule has 19 heavy (non-hydrogen) atoms. The Bertz CT molecular complexity index is 718. The van der Waals surface area contributed by atoms with Gasteiger partial charge < -0.3 is 5.73 Å². The lowest BCUT2D eigenvalue weighted by atomic mass is 10.0. The molecule has 0 aliphatic rings. The Morgan fingerprint density at radius 3 is 2.58 bits per heavy atom. The zero-order chi connectivity index (χ0) is 13.4. The fourth-order valence-electron chi connectivity index (χ4n) is 1.90. The van der Waals surface area contributed by atoms with E-state index < -0.39 is 0 Å². The van der Waals surface area contributed by atoms with Crippen molar-refractivity contribution in [1.29, 1.82) is 0 Å². The lowest BCUT2D eigenvalue weighted by molar-refractivity contribution is 1.10. The third-order valence-electron chi connectivity index (χ3n) is 2.77. The molecule has 1 aromatic carbocycles. The molecule has 3 rings (SSSR count). The van der Waals surface area contributed by atoms with Gasteiger partial charge in [0.15, 0.2) is 5.82 Å². The van der Waals surface area contributed by atoms with Crippen molar-refractivity contribution in [2.45, 2.75) is 0 Å². The van der Waals surface area contributed by atoms with Gasteiger partial charge in [0.2, 0.25) is 0 Å². The molecule has 96 valence electrons. The van der Waals surface area contributed by atoms with Gasteiger partial charge in [-0.1, -0.05) is 23.7 Å². The molecule has 3 N–H and O–H groups in total. The average molecular weight is 355 g/mol. The van der Waals surface area contributed by atoms with Gasteiger partial charge in [-0.3, -0.25) is 5.10 Å². The van der Waals surface area contributed by atoms with Crippen LogP contribution in [-0.4, -0.2) is 10.2 Å². The monoisotopic (exact) mass is 353 g/mol. The Hall–Kier alpha value is -1.30. The van der Waals surface area contributed by atoms with Crippen molar-refractivity contribution in [1.82, 2.24) is 10.2 Å². The van der Waals surface area contributed by atoms with Gasteiger partial charge in [-0.15, -0.1) is 11.3 Å². The second-order valence-corrected chi connectivity index (χ2v) is 6.17. The third kappa shape index (κ3) is 2.29. The maximum absolute atomic E-state index is 5.98. The molecule has 0 saturated carbocycles. The van der Waals surface area contributed by atoms with E-state index in [1.165, 1.54) is 0 Å². The molecule has 3 nitrogen and oxygen atoms in total. The molecule has 6 heteroatoms. The number of benzene rings is 1. The summed E-state index contributed by atoms with van der Waals surface area (Å²) in [5, 5.41) is 9.84. The number of H-pyrrole nitrogens is 1. The highest BCUT2D eigenvalue weighted by Crippen LogP contribution is 2.40. The summed E-state index contributed by atoms with van der Waals surface area (Å²) in [6, 6.07) is 9.57. The summed E-state index contributed by atoms with van der Waals surface area (Å²) in [5.74, 6) is 0.484. The summed E-state index contributed by atoms with van der Waals surface area (Å²) in [5.41, 5.74) is 8.79. The zero-order valence-corrected chi connectivity index (χ0v) is 12.8. The molecule has 0 aliphatic heterocycles. The number of halogens is 2. The lowest BCUT2D eigenvalue weighted by Crippen LogP contribution is -1.88. The van der Waals surface area contributed by atoms with E-state index in [0.29, 0.717) is 10.8 Å². The number of rotatable bonds is 2. The predicted molar refractivity (Wildman–Crippen MR) is 84.5 cm³/mol. The van der Waals surface area contributed by atoms with E-state index in [2.05, 4.69) is 26.1 Å². The Balaban J connectivity index is 2.19. The Morgan fingerprint density at radius 2 is 1.95 bits per heavy atom. The smallest absolute Gasteiger partial charge is 0.153 e. The van der Waals surface area contributed by atoms with Crippen molar-refractivity contribution < 1.29 is 0 Å². The quantitative estimate of drug-likeness (QED) is 0.694. The third-order valence-corrected chi connectivity index (χ3v) is 4.88. The normalized spacial score (nSPS) is 10.8. The van der Waals surface area contributed by atoms with Crippen molar-refractivity contribution in [2.75, 3.05) is 5.73 Å². The topological polar surface area (TPSA) is 54.7 Å². The molecule has 0 aliphatic carbocycles. The molecule has 0 fully saturated rings. The van der Waals surface area contributed by atoms with Gasteiger partial charge in [0.05, 0.1) is 16.1 Å². The molecule has 0 unspecified atom stereocenters. The van der Waals surface area contributed by atoms with Gasteiger partial charge in [-0.05, 0) is 45.1 Å². The largest absolute Gasteiger partial charge is 0.382 e. The number of aromatic nitrogens is 2. The summed E-state index contributed by atoms with van der Waals surface area (Å²) >= 11 is 11.1. The van der Waals surface area contributed by atoms with E-state index in [9.17, 15) is 0 Å². The van der Waals surface area contributed by atoms with Crippen LogP contribution in [0.2, 0.25) is 5.02 Å². The Morgan fingerprint density at radius 1 is 1.21 bits per heavy atom. The lowest BCUT2D eigenvalue weighted by Gasteiger charge is -2.04. The number of anilines is 1. The summed E-state index contributed by atoms with van der Waals surface area (Å²) < 4.78 is 1.02. The van der Waals surface area contributed by atoms with Crippen LogP contribution in [0.4, 0.5) is 5.82 Å². The molecular formula is C13H9BrClN3S. The van der Waals surface area contributed by atoms with Gasteiger partial charge in [0.1, 0.15) is 0 Å². The molecule has 2 aromatic heterocycles. The highest BCUT2D eigenvalue weighted by atomic mass is 79.9. The van der Waals surface area contributed by atoms with Crippen LogP contribution in [0.15, 0.2) is 40.2 Å². The van der Waals surface area contributed by atoms with E-state index in [4.69, 9.17) is 17.3 Å². The fraction of sp³-hybridized carbons (Fsp3) is 0. The predicted octanol–water partition coefficient (Wildman–Crippen LogP) is 4.80. The number of thiophene rings is 1.